The first kappa shape index (κ1) is 15.7. The van der Waals surface area contributed by atoms with Gasteiger partial charge in [0.15, 0.2) is 0 Å². The molecule has 0 spiro atoms. The highest BCUT2D eigenvalue weighted by molar-refractivity contribution is 5.64. The minimum absolute atomic E-state index is 0.330. The van der Waals surface area contributed by atoms with Crippen molar-refractivity contribution in [1.82, 2.24) is 30.1 Å². The van der Waals surface area contributed by atoms with Crippen LogP contribution < -0.4 is 10.6 Å². The van der Waals surface area contributed by atoms with Gasteiger partial charge in [0.1, 0.15) is 5.82 Å². The van der Waals surface area contributed by atoms with Gasteiger partial charge >= 0.3 is 0 Å². The van der Waals surface area contributed by atoms with Crippen LogP contribution in [0.25, 0.3) is 0 Å². The van der Waals surface area contributed by atoms with Crippen LogP contribution in [-0.2, 0) is 0 Å². The van der Waals surface area contributed by atoms with Gasteiger partial charge in [-0.25, -0.2) is 4.98 Å². The van der Waals surface area contributed by atoms with E-state index in [2.05, 4.69) is 73.7 Å². The van der Waals surface area contributed by atoms with Crippen LogP contribution in [0.2, 0.25) is 0 Å². The number of nitrogens with zero attached hydrogens (tertiary/aromatic N) is 6. The maximum Gasteiger partial charge on any atom is 0.249 e. The molecule has 122 valence electrons. The van der Waals surface area contributed by atoms with Gasteiger partial charge in [0, 0.05) is 5.69 Å². The molecule has 3 aromatic rings. The molecular weight excluding hydrogens is 304 g/mol. The van der Waals surface area contributed by atoms with Crippen molar-refractivity contribution in [2.75, 3.05) is 10.6 Å². The van der Waals surface area contributed by atoms with Crippen LogP contribution in [0.15, 0.2) is 24.5 Å². The van der Waals surface area contributed by atoms with Gasteiger partial charge in [0.05, 0.1) is 12.4 Å². The molecule has 2 heterocycles. The van der Waals surface area contributed by atoms with E-state index in [1.807, 2.05) is 0 Å². The molecule has 0 unspecified atom stereocenters. The van der Waals surface area contributed by atoms with E-state index in [0.717, 1.165) is 16.8 Å². The normalized spacial score (nSPS) is 10.5. The SMILES string of the molecule is Cc1cc(C)c(Nc2nc(C)nc(Nc3nccnn3)n2)c(C)c1. The van der Waals surface area contributed by atoms with Crippen molar-refractivity contribution >= 4 is 23.5 Å². The Morgan fingerprint density at radius 2 is 1.42 bits per heavy atom. The van der Waals surface area contributed by atoms with E-state index in [1.54, 1.807) is 13.1 Å². The van der Waals surface area contributed by atoms with E-state index in [-0.39, 0.29) is 0 Å². The second-order valence-electron chi connectivity index (χ2n) is 5.52. The smallest absolute Gasteiger partial charge is 0.249 e. The molecule has 0 radical (unpaired) electrons. The Morgan fingerprint density at radius 3 is 2.04 bits per heavy atom. The van der Waals surface area contributed by atoms with Gasteiger partial charge in [-0.05, 0) is 38.8 Å². The molecular formula is C16H18N8. The van der Waals surface area contributed by atoms with Crippen molar-refractivity contribution in [3.05, 3.63) is 47.0 Å². The Kier molecular flexibility index (Phi) is 4.28. The Labute approximate surface area is 139 Å². The van der Waals surface area contributed by atoms with Crippen LogP contribution in [0.1, 0.15) is 22.5 Å². The highest BCUT2D eigenvalue weighted by atomic mass is 15.3. The summed E-state index contributed by atoms with van der Waals surface area (Å²) in [5, 5.41) is 13.8. The minimum Gasteiger partial charge on any atom is -0.324 e. The van der Waals surface area contributed by atoms with Gasteiger partial charge in [0.25, 0.3) is 0 Å². The quantitative estimate of drug-likeness (QED) is 0.756. The van der Waals surface area contributed by atoms with Crippen molar-refractivity contribution in [2.24, 2.45) is 0 Å². The molecule has 0 bridgehead atoms. The third-order valence-electron chi connectivity index (χ3n) is 3.37. The average molecular weight is 322 g/mol. The van der Waals surface area contributed by atoms with Crippen molar-refractivity contribution in [3.63, 3.8) is 0 Å². The molecule has 0 saturated carbocycles. The van der Waals surface area contributed by atoms with Gasteiger partial charge in [-0.15, -0.1) is 5.10 Å². The summed E-state index contributed by atoms with van der Waals surface area (Å²) in [5.41, 5.74) is 4.49. The Morgan fingerprint density at radius 1 is 0.750 bits per heavy atom. The van der Waals surface area contributed by atoms with Crippen LogP contribution >= 0.6 is 0 Å². The molecule has 0 amide bonds. The molecule has 8 nitrogen and oxygen atoms in total. The number of hydrogen-bond donors (Lipinski definition) is 2. The fourth-order valence-corrected chi connectivity index (χ4v) is 2.49. The molecule has 2 N–H and O–H groups in total. The van der Waals surface area contributed by atoms with Gasteiger partial charge < -0.3 is 5.32 Å². The van der Waals surface area contributed by atoms with E-state index >= 15 is 0 Å². The average Bonchev–Trinajstić information content (AvgIpc) is 2.51. The number of hydrogen-bond acceptors (Lipinski definition) is 8. The van der Waals surface area contributed by atoms with Gasteiger partial charge in [0.2, 0.25) is 17.8 Å². The number of rotatable bonds is 4. The van der Waals surface area contributed by atoms with E-state index < -0.39 is 0 Å². The van der Waals surface area contributed by atoms with E-state index in [1.165, 1.54) is 11.8 Å². The monoisotopic (exact) mass is 322 g/mol. The standard InChI is InChI=1S/C16H18N8/c1-9-7-10(2)13(11(3)8-9)21-15-19-12(4)20-16(23-15)22-14-17-5-6-18-24-14/h5-8H,1-4H3,(H2,17,19,20,21,22,23,24). The molecule has 0 aliphatic heterocycles. The first-order valence-electron chi connectivity index (χ1n) is 7.49. The summed E-state index contributed by atoms with van der Waals surface area (Å²) in [4.78, 5) is 17.0. The van der Waals surface area contributed by atoms with Gasteiger partial charge in [-0.3, -0.25) is 5.32 Å². The largest absolute Gasteiger partial charge is 0.324 e. The molecule has 1 aromatic carbocycles. The summed E-state index contributed by atoms with van der Waals surface area (Å²) in [6, 6.07) is 4.23. The first-order valence-corrected chi connectivity index (χ1v) is 7.49. The molecule has 0 atom stereocenters. The molecule has 2 aromatic heterocycles. The van der Waals surface area contributed by atoms with Crippen LogP contribution in [0.5, 0.6) is 0 Å². The lowest BCUT2D eigenvalue weighted by atomic mass is 10.1. The lowest BCUT2D eigenvalue weighted by Crippen LogP contribution is -2.08. The Bertz CT molecular complexity index is 840. The summed E-state index contributed by atoms with van der Waals surface area (Å²) < 4.78 is 0. The molecule has 0 saturated heterocycles. The lowest BCUT2D eigenvalue weighted by Gasteiger charge is -2.13. The van der Waals surface area contributed by atoms with Gasteiger partial charge in [-0.2, -0.15) is 20.1 Å². The van der Waals surface area contributed by atoms with Crippen molar-refractivity contribution in [3.8, 4) is 0 Å². The Hall–Kier alpha value is -3.16. The van der Waals surface area contributed by atoms with Gasteiger partial charge in [-0.1, -0.05) is 17.7 Å². The minimum atomic E-state index is 0.330. The number of aryl methyl sites for hydroxylation is 4. The summed E-state index contributed by atoms with van der Waals surface area (Å²) in [7, 11) is 0. The number of nitrogens with one attached hydrogen (secondary N) is 2. The first-order chi connectivity index (χ1) is 11.5. The summed E-state index contributed by atoms with van der Waals surface area (Å²) in [6.07, 6.45) is 3.04. The third kappa shape index (κ3) is 3.60. The van der Waals surface area contributed by atoms with Crippen LogP contribution in [-0.4, -0.2) is 30.1 Å². The summed E-state index contributed by atoms with van der Waals surface area (Å²) >= 11 is 0. The fourth-order valence-electron chi connectivity index (χ4n) is 2.49. The van der Waals surface area contributed by atoms with Crippen LogP contribution in [0.3, 0.4) is 0 Å². The number of aromatic nitrogens is 6. The zero-order chi connectivity index (χ0) is 17.1. The topological polar surface area (TPSA) is 101 Å². The van der Waals surface area contributed by atoms with E-state index in [4.69, 9.17) is 0 Å². The predicted octanol–water partition coefficient (Wildman–Crippen LogP) is 2.78. The highest BCUT2D eigenvalue weighted by Gasteiger charge is 2.09. The molecule has 0 aliphatic rings. The maximum absolute atomic E-state index is 4.38. The third-order valence-corrected chi connectivity index (χ3v) is 3.37. The summed E-state index contributed by atoms with van der Waals surface area (Å²) in [6.45, 7) is 7.99. The maximum atomic E-state index is 4.38. The highest BCUT2D eigenvalue weighted by Crippen LogP contribution is 2.24. The molecule has 24 heavy (non-hydrogen) atoms. The molecule has 0 fully saturated rings. The van der Waals surface area contributed by atoms with Crippen molar-refractivity contribution in [1.29, 1.82) is 0 Å². The zero-order valence-corrected chi connectivity index (χ0v) is 14.0. The second kappa shape index (κ2) is 6.53. The van der Waals surface area contributed by atoms with Crippen molar-refractivity contribution in [2.45, 2.75) is 27.7 Å². The van der Waals surface area contributed by atoms with E-state index in [9.17, 15) is 0 Å². The van der Waals surface area contributed by atoms with Crippen molar-refractivity contribution < 1.29 is 0 Å². The zero-order valence-electron chi connectivity index (χ0n) is 14.0. The summed E-state index contributed by atoms with van der Waals surface area (Å²) in [5.74, 6) is 1.74. The number of anilines is 4. The molecule has 8 heteroatoms. The fraction of sp³-hybridized carbons (Fsp3) is 0.250. The molecule has 0 aliphatic carbocycles. The molecule has 3 rings (SSSR count). The predicted molar refractivity (Wildman–Crippen MR) is 91.6 cm³/mol. The lowest BCUT2D eigenvalue weighted by molar-refractivity contribution is 0.948. The van der Waals surface area contributed by atoms with Crippen LogP contribution in [0.4, 0.5) is 23.5 Å². The van der Waals surface area contributed by atoms with Crippen LogP contribution in [0, 0.1) is 27.7 Å². The van der Waals surface area contributed by atoms with E-state index in [0.29, 0.717) is 23.7 Å². The Balaban J connectivity index is 1.89. The number of benzene rings is 1. The second-order valence-corrected chi connectivity index (χ2v) is 5.52.